The molecule has 0 spiro atoms. The number of likely N-dealkylation sites (tertiary alicyclic amines) is 2. The van der Waals surface area contributed by atoms with Crippen molar-refractivity contribution >= 4 is 5.91 Å². The van der Waals surface area contributed by atoms with Gasteiger partial charge >= 0.3 is 0 Å². The molecule has 3 heteroatoms. The summed E-state index contributed by atoms with van der Waals surface area (Å²) in [5, 5.41) is 0. The van der Waals surface area contributed by atoms with Gasteiger partial charge in [-0.25, -0.2) is 0 Å². The van der Waals surface area contributed by atoms with Gasteiger partial charge in [0.25, 0.3) is 0 Å². The molecule has 2 saturated heterocycles. The zero-order valence-corrected chi connectivity index (χ0v) is 15.4. The van der Waals surface area contributed by atoms with Gasteiger partial charge in [0.2, 0.25) is 5.91 Å². The van der Waals surface area contributed by atoms with Gasteiger partial charge < -0.3 is 4.90 Å². The van der Waals surface area contributed by atoms with Crippen molar-refractivity contribution < 1.29 is 4.79 Å². The van der Waals surface area contributed by atoms with Crippen molar-refractivity contribution in [2.24, 2.45) is 5.92 Å². The zero-order chi connectivity index (χ0) is 17.1. The highest BCUT2D eigenvalue weighted by Crippen LogP contribution is 2.35. The van der Waals surface area contributed by atoms with Crippen molar-refractivity contribution in [1.29, 1.82) is 0 Å². The van der Waals surface area contributed by atoms with E-state index in [4.69, 9.17) is 0 Å². The van der Waals surface area contributed by atoms with Crippen LogP contribution in [0.25, 0.3) is 0 Å². The van der Waals surface area contributed by atoms with Crippen LogP contribution >= 0.6 is 0 Å². The van der Waals surface area contributed by atoms with Crippen LogP contribution < -0.4 is 0 Å². The van der Waals surface area contributed by atoms with Crippen LogP contribution in [0.5, 0.6) is 0 Å². The van der Waals surface area contributed by atoms with Gasteiger partial charge in [0.05, 0.1) is 6.54 Å². The van der Waals surface area contributed by atoms with E-state index in [2.05, 4.69) is 40.1 Å². The number of rotatable bonds is 4. The van der Waals surface area contributed by atoms with Crippen molar-refractivity contribution in [3.8, 4) is 0 Å². The third kappa shape index (κ3) is 3.92. The average molecular weight is 341 g/mol. The SMILES string of the molecule is O=C(CN1CCC[C@@H]1Cc1ccccc1)N1CCC[C@H]2CCCC[C@H]21. The number of hydrogen-bond donors (Lipinski definition) is 0. The molecule has 136 valence electrons. The van der Waals surface area contributed by atoms with Crippen LogP contribution in [0, 0.1) is 5.92 Å². The Morgan fingerprint density at radius 3 is 2.56 bits per heavy atom. The van der Waals surface area contributed by atoms with Gasteiger partial charge in [0.1, 0.15) is 0 Å². The monoisotopic (exact) mass is 340 g/mol. The Hall–Kier alpha value is -1.35. The Bertz CT molecular complexity index is 571. The maximum absolute atomic E-state index is 13.1. The summed E-state index contributed by atoms with van der Waals surface area (Å²) in [5.41, 5.74) is 1.40. The smallest absolute Gasteiger partial charge is 0.237 e. The number of carbonyl (C=O) groups is 1. The number of amides is 1. The lowest BCUT2D eigenvalue weighted by atomic mass is 9.78. The molecule has 25 heavy (non-hydrogen) atoms. The lowest BCUT2D eigenvalue weighted by molar-refractivity contribution is -0.139. The molecular weight excluding hydrogens is 308 g/mol. The number of carbonyl (C=O) groups excluding carboxylic acids is 1. The molecule has 1 amide bonds. The molecule has 3 nitrogen and oxygen atoms in total. The minimum atomic E-state index is 0.400. The zero-order valence-electron chi connectivity index (χ0n) is 15.4. The summed E-state index contributed by atoms with van der Waals surface area (Å²) in [6, 6.07) is 11.8. The lowest BCUT2D eigenvalue weighted by Gasteiger charge is -2.44. The summed E-state index contributed by atoms with van der Waals surface area (Å²) in [6.45, 7) is 2.73. The molecule has 1 aromatic carbocycles. The molecular formula is C22H32N2O. The summed E-state index contributed by atoms with van der Waals surface area (Å²) >= 11 is 0. The van der Waals surface area contributed by atoms with Gasteiger partial charge in [0.15, 0.2) is 0 Å². The lowest BCUT2D eigenvalue weighted by Crippen LogP contribution is -2.53. The van der Waals surface area contributed by atoms with E-state index in [0.29, 0.717) is 24.5 Å². The van der Waals surface area contributed by atoms with Crippen LogP contribution in [0.15, 0.2) is 30.3 Å². The minimum Gasteiger partial charge on any atom is -0.338 e. The van der Waals surface area contributed by atoms with E-state index in [0.717, 1.165) is 25.4 Å². The van der Waals surface area contributed by atoms with E-state index >= 15 is 0 Å². The molecule has 3 fully saturated rings. The van der Waals surface area contributed by atoms with E-state index in [1.165, 1.54) is 56.9 Å². The van der Waals surface area contributed by atoms with Crippen LogP contribution in [0.4, 0.5) is 0 Å². The highest BCUT2D eigenvalue weighted by Gasteiger charge is 2.37. The van der Waals surface area contributed by atoms with Gasteiger partial charge in [-0.3, -0.25) is 9.69 Å². The fraction of sp³-hybridized carbons (Fsp3) is 0.682. The Balaban J connectivity index is 1.37. The Morgan fingerprint density at radius 2 is 1.68 bits per heavy atom. The predicted molar refractivity (Wildman–Crippen MR) is 101 cm³/mol. The van der Waals surface area contributed by atoms with E-state index in [9.17, 15) is 4.79 Å². The summed E-state index contributed by atoms with van der Waals surface area (Å²) < 4.78 is 0. The quantitative estimate of drug-likeness (QED) is 0.830. The van der Waals surface area contributed by atoms with Crippen molar-refractivity contribution in [3.05, 3.63) is 35.9 Å². The molecule has 2 aliphatic heterocycles. The topological polar surface area (TPSA) is 23.6 Å². The van der Waals surface area contributed by atoms with E-state index in [1.54, 1.807) is 0 Å². The Morgan fingerprint density at radius 1 is 0.920 bits per heavy atom. The van der Waals surface area contributed by atoms with Crippen LogP contribution in [0.3, 0.4) is 0 Å². The molecule has 1 aromatic rings. The first kappa shape index (κ1) is 17.1. The van der Waals surface area contributed by atoms with Crippen molar-refractivity contribution in [1.82, 2.24) is 9.80 Å². The third-order valence-corrected chi connectivity index (χ3v) is 6.72. The van der Waals surface area contributed by atoms with Gasteiger partial charge in [0, 0.05) is 18.6 Å². The molecule has 0 aromatic heterocycles. The largest absolute Gasteiger partial charge is 0.338 e. The minimum absolute atomic E-state index is 0.400. The molecule has 1 saturated carbocycles. The molecule has 0 N–H and O–H groups in total. The molecule has 0 bridgehead atoms. The highest BCUT2D eigenvalue weighted by atomic mass is 16.2. The normalized spacial score (nSPS) is 30.2. The van der Waals surface area contributed by atoms with Gasteiger partial charge in [-0.05, 0) is 63.0 Å². The maximum Gasteiger partial charge on any atom is 0.237 e. The summed E-state index contributed by atoms with van der Waals surface area (Å²) in [6.07, 6.45) is 11.4. The second-order valence-electron chi connectivity index (χ2n) is 8.30. The fourth-order valence-electron chi connectivity index (χ4n) is 5.42. The maximum atomic E-state index is 13.1. The third-order valence-electron chi connectivity index (χ3n) is 6.72. The molecule has 1 aliphatic carbocycles. The first-order valence-corrected chi connectivity index (χ1v) is 10.4. The molecule has 3 atom stereocenters. The molecule has 3 aliphatic rings. The summed E-state index contributed by atoms with van der Waals surface area (Å²) in [5.74, 6) is 1.18. The molecule has 0 unspecified atom stereocenters. The van der Waals surface area contributed by atoms with E-state index in [-0.39, 0.29) is 0 Å². The van der Waals surface area contributed by atoms with Crippen molar-refractivity contribution in [3.63, 3.8) is 0 Å². The highest BCUT2D eigenvalue weighted by molar-refractivity contribution is 5.79. The van der Waals surface area contributed by atoms with Crippen LogP contribution in [0.2, 0.25) is 0 Å². The second kappa shape index (κ2) is 7.90. The van der Waals surface area contributed by atoms with Gasteiger partial charge in [-0.15, -0.1) is 0 Å². The number of piperidine rings is 1. The van der Waals surface area contributed by atoms with E-state index in [1.807, 2.05) is 0 Å². The average Bonchev–Trinajstić information content (AvgIpc) is 3.08. The number of benzene rings is 1. The van der Waals surface area contributed by atoms with Crippen molar-refractivity contribution in [2.45, 2.75) is 69.9 Å². The summed E-state index contributed by atoms with van der Waals surface area (Å²) in [4.78, 5) is 17.8. The predicted octanol–water partition coefficient (Wildman–Crippen LogP) is 3.87. The molecule has 4 rings (SSSR count). The second-order valence-corrected chi connectivity index (χ2v) is 8.30. The molecule has 2 heterocycles. The van der Waals surface area contributed by atoms with Crippen LogP contribution in [-0.4, -0.2) is 47.4 Å². The standard InChI is InChI=1S/C22H32N2O/c25-22(24-15-6-11-19-10-4-5-13-21(19)24)17-23-14-7-12-20(23)16-18-8-2-1-3-9-18/h1-3,8-9,19-21H,4-7,10-17H2/t19-,20-,21-/m1/s1. The number of hydrogen-bond acceptors (Lipinski definition) is 2. The first-order valence-electron chi connectivity index (χ1n) is 10.4. The van der Waals surface area contributed by atoms with Crippen molar-refractivity contribution in [2.75, 3.05) is 19.6 Å². The number of fused-ring (bicyclic) bond motifs is 1. The summed E-state index contributed by atoms with van der Waals surface area (Å²) in [7, 11) is 0. The first-order chi connectivity index (χ1) is 12.3. The van der Waals surface area contributed by atoms with E-state index < -0.39 is 0 Å². The number of nitrogens with zero attached hydrogens (tertiary/aromatic N) is 2. The molecule has 0 radical (unpaired) electrons. The van der Waals surface area contributed by atoms with Crippen LogP contribution in [-0.2, 0) is 11.2 Å². The fourth-order valence-corrected chi connectivity index (χ4v) is 5.42. The van der Waals surface area contributed by atoms with Crippen LogP contribution in [0.1, 0.15) is 56.9 Å². The Kier molecular flexibility index (Phi) is 5.40. The van der Waals surface area contributed by atoms with Gasteiger partial charge in [-0.2, -0.15) is 0 Å². The Labute approximate surface area is 152 Å². The van der Waals surface area contributed by atoms with Gasteiger partial charge in [-0.1, -0.05) is 43.2 Å².